The first-order chi connectivity index (χ1) is 3.55. The number of ketones is 1. The summed E-state index contributed by atoms with van der Waals surface area (Å²) >= 11 is 0. The maximum absolute atomic E-state index is 10.3. The second-order valence-corrected chi connectivity index (χ2v) is 1.91. The third-order valence-corrected chi connectivity index (χ3v) is 0.915. The molecule has 0 aromatic rings. The molecule has 0 heterocycles. The van der Waals surface area contributed by atoms with Crippen molar-refractivity contribution in [2.75, 3.05) is 0 Å². The molecule has 0 spiro atoms. The zero-order valence-electron chi connectivity index (χ0n) is 5.09. The van der Waals surface area contributed by atoms with Crippen molar-refractivity contribution in [3.63, 3.8) is 0 Å². The normalized spacial score (nSPS) is 17.5. The maximum Gasteiger partial charge on any atom is 0.159 e. The third kappa shape index (κ3) is 2.04. The molecule has 0 amide bonds. The molecule has 0 saturated heterocycles. The molecule has 3 nitrogen and oxygen atoms in total. The first-order valence-electron chi connectivity index (χ1n) is 2.50. The first-order valence-corrected chi connectivity index (χ1v) is 2.50. The number of hydrogen-bond acceptors (Lipinski definition) is 3. The van der Waals surface area contributed by atoms with Gasteiger partial charge in [-0.25, -0.2) is 0 Å². The van der Waals surface area contributed by atoms with Crippen molar-refractivity contribution in [2.45, 2.75) is 26.0 Å². The molecular formula is C5H11NO2. The average Bonchev–Trinajstić information content (AvgIpc) is 1.64. The van der Waals surface area contributed by atoms with E-state index < -0.39 is 12.1 Å². The molecule has 0 unspecified atom stereocenters. The SMILES string of the molecule is CC(=O)[C@@H](O)[C@@H](C)N. The van der Waals surface area contributed by atoms with Crippen LogP contribution in [0.4, 0.5) is 0 Å². The lowest BCUT2D eigenvalue weighted by Crippen LogP contribution is -2.36. The van der Waals surface area contributed by atoms with E-state index in [1.807, 2.05) is 0 Å². The van der Waals surface area contributed by atoms with Gasteiger partial charge in [-0.15, -0.1) is 0 Å². The summed E-state index contributed by atoms with van der Waals surface area (Å²) in [5.41, 5.74) is 5.17. The van der Waals surface area contributed by atoms with Crippen LogP contribution in [-0.4, -0.2) is 23.0 Å². The van der Waals surface area contributed by atoms with Gasteiger partial charge in [-0.1, -0.05) is 0 Å². The van der Waals surface area contributed by atoms with Crippen molar-refractivity contribution < 1.29 is 9.90 Å². The van der Waals surface area contributed by atoms with Crippen LogP contribution in [0.2, 0.25) is 0 Å². The first kappa shape index (κ1) is 7.59. The van der Waals surface area contributed by atoms with E-state index in [0.717, 1.165) is 0 Å². The van der Waals surface area contributed by atoms with Crippen LogP contribution in [0.5, 0.6) is 0 Å². The molecule has 0 bridgehead atoms. The van der Waals surface area contributed by atoms with Gasteiger partial charge < -0.3 is 10.8 Å². The van der Waals surface area contributed by atoms with Crippen molar-refractivity contribution >= 4 is 5.78 Å². The summed E-state index contributed by atoms with van der Waals surface area (Å²) in [4.78, 5) is 10.3. The molecule has 0 radical (unpaired) electrons. The number of aliphatic hydroxyl groups is 1. The summed E-state index contributed by atoms with van der Waals surface area (Å²) in [6, 6.07) is -0.451. The lowest BCUT2D eigenvalue weighted by Gasteiger charge is -2.08. The second kappa shape index (κ2) is 2.79. The quantitative estimate of drug-likeness (QED) is 0.502. The molecule has 0 aliphatic rings. The van der Waals surface area contributed by atoms with Gasteiger partial charge in [0, 0.05) is 6.04 Å². The van der Waals surface area contributed by atoms with Crippen molar-refractivity contribution in [2.24, 2.45) is 5.73 Å². The molecule has 0 aliphatic heterocycles. The predicted molar refractivity (Wildman–Crippen MR) is 30.3 cm³/mol. The van der Waals surface area contributed by atoms with Crippen molar-refractivity contribution in [1.29, 1.82) is 0 Å². The fourth-order valence-electron chi connectivity index (χ4n) is 0.370. The maximum atomic E-state index is 10.3. The minimum Gasteiger partial charge on any atom is -0.384 e. The summed E-state index contributed by atoms with van der Waals surface area (Å²) in [6.45, 7) is 2.90. The molecule has 8 heavy (non-hydrogen) atoms. The molecule has 48 valence electrons. The molecule has 0 saturated carbocycles. The van der Waals surface area contributed by atoms with Gasteiger partial charge in [0.15, 0.2) is 5.78 Å². The zero-order chi connectivity index (χ0) is 6.73. The van der Waals surface area contributed by atoms with Crippen LogP contribution < -0.4 is 5.73 Å². The van der Waals surface area contributed by atoms with Gasteiger partial charge in [0.05, 0.1) is 0 Å². The second-order valence-electron chi connectivity index (χ2n) is 1.91. The lowest BCUT2D eigenvalue weighted by atomic mass is 10.1. The molecular weight excluding hydrogens is 106 g/mol. The molecule has 0 aromatic heterocycles. The highest BCUT2D eigenvalue weighted by Crippen LogP contribution is 1.88. The summed E-state index contributed by atoms with van der Waals surface area (Å²) in [5.74, 6) is -0.278. The van der Waals surface area contributed by atoms with Gasteiger partial charge in [-0.2, -0.15) is 0 Å². The van der Waals surface area contributed by atoms with Crippen LogP contribution >= 0.6 is 0 Å². The monoisotopic (exact) mass is 117 g/mol. The van der Waals surface area contributed by atoms with Gasteiger partial charge in [0.1, 0.15) is 6.10 Å². The van der Waals surface area contributed by atoms with Crippen LogP contribution in [0.3, 0.4) is 0 Å². The number of Topliss-reactive ketones (excluding diaryl/α,β-unsaturated/α-hetero) is 1. The standard InChI is InChI=1S/C5H11NO2/c1-3(6)5(8)4(2)7/h3,5,8H,6H2,1-2H3/t3-,5+/m1/s1. The Balaban J connectivity index is 3.64. The number of rotatable bonds is 2. The van der Waals surface area contributed by atoms with Crippen molar-refractivity contribution in [3.05, 3.63) is 0 Å². The number of carbonyl (C=O) groups excluding carboxylic acids is 1. The number of hydrogen-bond donors (Lipinski definition) is 2. The van der Waals surface area contributed by atoms with Gasteiger partial charge in [-0.3, -0.25) is 4.79 Å². The van der Waals surface area contributed by atoms with Crippen molar-refractivity contribution in [3.8, 4) is 0 Å². The molecule has 0 aliphatic carbocycles. The molecule has 0 rings (SSSR count). The van der Waals surface area contributed by atoms with Crippen LogP contribution in [-0.2, 0) is 4.79 Å². The molecule has 2 atom stereocenters. The summed E-state index contributed by atoms with van der Waals surface area (Å²) in [6.07, 6.45) is -0.991. The van der Waals surface area contributed by atoms with E-state index >= 15 is 0 Å². The summed E-state index contributed by atoms with van der Waals surface area (Å²) in [5, 5.41) is 8.73. The van der Waals surface area contributed by atoms with E-state index in [9.17, 15) is 4.79 Å². The highest BCUT2D eigenvalue weighted by Gasteiger charge is 2.13. The highest BCUT2D eigenvalue weighted by atomic mass is 16.3. The summed E-state index contributed by atoms with van der Waals surface area (Å²) < 4.78 is 0. The molecule has 3 N–H and O–H groups in total. The molecule has 3 heteroatoms. The number of aliphatic hydroxyl groups excluding tert-OH is 1. The summed E-state index contributed by atoms with van der Waals surface area (Å²) in [7, 11) is 0. The van der Waals surface area contributed by atoms with E-state index in [-0.39, 0.29) is 5.78 Å². The van der Waals surface area contributed by atoms with Gasteiger partial charge in [0.25, 0.3) is 0 Å². The van der Waals surface area contributed by atoms with Crippen LogP contribution in [0.25, 0.3) is 0 Å². The van der Waals surface area contributed by atoms with Gasteiger partial charge in [0.2, 0.25) is 0 Å². The Morgan fingerprint density at radius 3 is 2.12 bits per heavy atom. The van der Waals surface area contributed by atoms with E-state index in [1.165, 1.54) is 6.92 Å². The van der Waals surface area contributed by atoms with E-state index in [1.54, 1.807) is 6.92 Å². The topological polar surface area (TPSA) is 63.3 Å². The Morgan fingerprint density at radius 1 is 1.75 bits per heavy atom. The predicted octanol–water partition coefficient (Wildman–Crippen LogP) is -0.716. The molecule has 0 aromatic carbocycles. The Hall–Kier alpha value is -0.410. The Bertz CT molecular complexity index is 90.4. The Kier molecular flexibility index (Phi) is 2.65. The van der Waals surface area contributed by atoms with Gasteiger partial charge >= 0.3 is 0 Å². The average molecular weight is 117 g/mol. The minimum absolute atomic E-state index is 0.278. The van der Waals surface area contributed by atoms with Crippen LogP contribution in [0, 0.1) is 0 Å². The Labute approximate surface area is 48.5 Å². The van der Waals surface area contributed by atoms with Gasteiger partial charge in [-0.05, 0) is 13.8 Å². The van der Waals surface area contributed by atoms with E-state index in [2.05, 4.69) is 0 Å². The lowest BCUT2D eigenvalue weighted by molar-refractivity contribution is -0.125. The fraction of sp³-hybridized carbons (Fsp3) is 0.800. The van der Waals surface area contributed by atoms with Crippen LogP contribution in [0.1, 0.15) is 13.8 Å². The molecule has 0 fully saturated rings. The largest absolute Gasteiger partial charge is 0.384 e. The fourth-order valence-corrected chi connectivity index (χ4v) is 0.370. The highest BCUT2D eigenvalue weighted by molar-refractivity contribution is 5.80. The third-order valence-electron chi connectivity index (χ3n) is 0.915. The van der Waals surface area contributed by atoms with Crippen LogP contribution in [0.15, 0.2) is 0 Å². The Morgan fingerprint density at radius 2 is 2.12 bits per heavy atom. The van der Waals surface area contributed by atoms with E-state index in [4.69, 9.17) is 10.8 Å². The zero-order valence-corrected chi connectivity index (χ0v) is 5.09. The van der Waals surface area contributed by atoms with Crippen molar-refractivity contribution in [1.82, 2.24) is 0 Å². The smallest absolute Gasteiger partial charge is 0.159 e. The number of nitrogens with two attached hydrogens (primary N) is 1. The number of carbonyl (C=O) groups is 1. The minimum atomic E-state index is -0.991. The van der Waals surface area contributed by atoms with E-state index in [0.29, 0.717) is 0 Å².